The number of benzene rings is 3. The molecule has 0 radical (unpaired) electrons. The van der Waals surface area contributed by atoms with Crippen LogP contribution in [0.5, 0.6) is 0 Å². The Morgan fingerprint density at radius 1 is 1.13 bits per heavy atom. The lowest BCUT2D eigenvalue weighted by atomic mass is 10.2. The molecule has 4 aromatic rings. The summed E-state index contributed by atoms with van der Waals surface area (Å²) in [5, 5.41) is 4.44. The number of amides is 1. The van der Waals surface area contributed by atoms with Crippen LogP contribution in [0.2, 0.25) is 5.02 Å². The van der Waals surface area contributed by atoms with E-state index >= 15 is 0 Å². The first-order valence-corrected chi connectivity index (χ1v) is 11.5. The molecule has 0 bridgehead atoms. The second-order valence-electron chi connectivity index (χ2n) is 6.82. The summed E-state index contributed by atoms with van der Waals surface area (Å²) in [5.41, 5.74) is 2.73. The monoisotopic (exact) mass is 513 g/mol. The summed E-state index contributed by atoms with van der Waals surface area (Å²) in [7, 11) is 0. The van der Waals surface area contributed by atoms with Gasteiger partial charge >= 0.3 is 0 Å². The predicted molar refractivity (Wildman–Crippen MR) is 131 cm³/mol. The molecule has 1 aromatic heterocycles. The number of nitrogens with zero attached hydrogens (tertiary/aromatic N) is 2. The zero-order valence-corrected chi connectivity index (χ0v) is 19.6. The molecule has 1 N–H and O–H groups in total. The second-order valence-corrected chi connectivity index (χ2v) is 9.12. The number of fused-ring (bicyclic) bond motifs is 1. The van der Waals surface area contributed by atoms with Gasteiger partial charge in [-0.05, 0) is 67.1 Å². The van der Waals surface area contributed by atoms with Gasteiger partial charge < -0.3 is 5.32 Å². The summed E-state index contributed by atoms with van der Waals surface area (Å²) in [6.45, 7) is 1.93. The minimum Gasteiger partial charge on any atom is -0.325 e. The summed E-state index contributed by atoms with van der Waals surface area (Å²) in [6.07, 6.45) is 0. The van der Waals surface area contributed by atoms with Crippen molar-refractivity contribution < 1.29 is 4.79 Å². The highest BCUT2D eigenvalue weighted by molar-refractivity contribution is 9.10. The van der Waals surface area contributed by atoms with E-state index in [1.54, 1.807) is 42.5 Å². The zero-order chi connectivity index (χ0) is 22.0. The van der Waals surface area contributed by atoms with Crippen LogP contribution in [0.1, 0.15) is 5.56 Å². The van der Waals surface area contributed by atoms with E-state index in [1.807, 2.05) is 31.2 Å². The molecule has 4 rings (SSSR count). The van der Waals surface area contributed by atoms with Gasteiger partial charge in [-0.15, -0.1) is 0 Å². The Balaban J connectivity index is 1.66. The van der Waals surface area contributed by atoms with Crippen molar-refractivity contribution in [1.82, 2.24) is 9.55 Å². The van der Waals surface area contributed by atoms with Crippen LogP contribution in [0.4, 0.5) is 5.69 Å². The fourth-order valence-electron chi connectivity index (χ4n) is 3.11. The molecule has 0 spiro atoms. The number of hydrogen-bond acceptors (Lipinski definition) is 4. The summed E-state index contributed by atoms with van der Waals surface area (Å²) >= 11 is 10.6. The molecular weight excluding hydrogens is 498 g/mol. The van der Waals surface area contributed by atoms with E-state index in [9.17, 15) is 9.59 Å². The molecule has 0 saturated carbocycles. The number of para-hydroxylation sites is 1. The van der Waals surface area contributed by atoms with Crippen molar-refractivity contribution in [3.8, 4) is 5.69 Å². The average Bonchev–Trinajstić information content (AvgIpc) is 2.75. The lowest BCUT2D eigenvalue weighted by molar-refractivity contribution is -0.113. The summed E-state index contributed by atoms with van der Waals surface area (Å²) in [5.74, 6) is -0.0751. The molecule has 8 heteroatoms. The first kappa shape index (κ1) is 21.6. The number of rotatable bonds is 5. The maximum absolute atomic E-state index is 13.2. The third-order valence-corrected chi connectivity index (χ3v) is 6.31. The Morgan fingerprint density at radius 2 is 1.87 bits per heavy atom. The largest absolute Gasteiger partial charge is 0.325 e. The van der Waals surface area contributed by atoms with Gasteiger partial charge in [-0.1, -0.05) is 51.4 Å². The molecule has 1 amide bonds. The fraction of sp³-hybridized carbons (Fsp3) is 0.0870. The average molecular weight is 515 g/mol. The van der Waals surface area contributed by atoms with Crippen molar-refractivity contribution >= 4 is 61.8 Å². The topological polar surface area (TPSA) is 64.0 Å². The van der Waals surface area contributed by atoms with Gasteiger partial charge in [-0.2, -0.15) is 0 Å². The van der Waals surface area contributed by atoms with E-state index in [2.05, 4.69) is 26.2 Å². The number of aryl methyl sites for hydroxylation is 1. The van der Waals surface area contributed by atoms with Crippen LogP contribution >= 0.6 is 39.3 Å². The molecule has 156 valence electrons. The standard InChI is InChI=1S/C23H17BrClN3O2S/c1-14-12-15(24)6-11-19(14)26-21(29)13-31-23-27-20-5-3-2-4-18(20)22(30)28(23)17-9-7-16(25)8-10-17/h2-12H,13H2,1H3,(H,26,29). The number of nitrogens with one attached hydrogen (secondary N) is 1. The van der Waals surface area contributed by atoms with Gasteiger partial charge in [-0.3, -0.25) is 14.2 Å². The quantitative estimate of drug-likeness (QED) is 0.268. The smallest absolute Gasteiger partial charge is 0.266 e. The van der Waals surface area contributed by atoms with Gasteiger partial charge in [-0.25, -0.2) is 4.98 Å². The van der Waals surface area contributed by atoms with Crippen molar-refractivity contribution in [1.29, 1.82) is 0 Å². The van der Waals surface area contributed by atoms with Crippen LogP contribution in [0.15, 0.2) is 81.2 Å². The van der Waals surface area contributed by atoms with Gasteiger partial charge in [0.1, 0.15) is 0 Å². The molecule has 0 aliphatic rings. The SMILES string of the molecule is Cc1cc(Br)ccc1NC(=O)CSc1nc2ccccc2c(=O)n1-c1ccc(Cl)cc1. The van der Waals surface area contributed by atoms with Gasteiger partial charge in [0, 0.05) is 15.2 Å². The lowest BCUT2D eigenvalue weighted by Crippen LogP contribution is -2.23. The van der Waals surface area contributed by atoms with Crippen LogP contribution < -0.4 is 10.9 Å². The van der Waals surface area contributed by atoms with E-state index in [4.69, 9.17) is 11.6 Å². The van der Waals surface area contributed by atoms with Crippen LogP contribution in [0.3, 0.4) is 0 Å². The van der Waals surface area contributed by atoms with E-state index in [-0.39, 0.29) is 17.2 Å². The Labute approximate surface area is 196 Å². The molecule has 0 aliphatic heterocycles. The molecular formula is C23H17BrClN3O2S. The van der Waals surface area contributed by atoms with E-state index < -0.39 is 0 Å². The third kappa shape index (κ3) is 4.84. The Morgan fingerprint density at radius 3 is 2.61 bits per heavy atom. The molecule has 0 fully saturated rings. The summed E-state index contributed by atoms with van der Waals surface area (Å²) < 4.78 is 2.46. The Kier molecular flexibility index (Phi) is 6.46. The van der Waals surface area contributed by atoms with Gasteiger partial charge in [0.25, 0.3) is 5.56 Å². The molecule has 3 aromatic carbocycles. The highest BCUT2D eigenvalue weighted by Crippen LogP contribution is 2.24. The van der Waals surface area contributed by atoms with Crippen molar-refractivity contribution in [2.24, 2.45) is 0 Å². The maximum Gasteiger partial charge on any atom is 0.266 e. The minimum absolute atomic E-state index is 0.105. The van der Waals surface area contributed by atoms with Gasteiger partial charge in [0.15, 0.2) is 5.16 Å². The number of halogens is 2. The normalized spacial score (nSPS) is 10.9. The minimum atomic E-state index is -0.195. The number of carbonyl (C=O) groups is 1. The van der Waals surface area contributed by atoms with Crippen LogP contribution in [-0.2, 0) is 4.79 Å². The van der Waals surface area contributed by atoms with Crippen LogP contribution in [0, 0.1) is 6.92 Å². The first-order chi connectivity index (χ1) is 14.9. The Bertz CT molecular complexity index is 1340. The molecule has 0 unspecified atom stereocenters. The Hall–Kier alpha value is -2.61. The molecule has 1 heterocycles. The summed E-state index contributed by atoms with van der Waals surface area (Å²) in [6, 6.07) is 19.8. The number of anilines is 1. The molecule has 5 nitrogen and oxygen atoms in total. The highest BCUT2D eigenvalue weighted by Gasteiger charge is 2.15. The van der Waals surface area contributed by atoms with Gasteiger partial charge in [0.05, 0.1) is 22.3 Å². The third-order valence-electron chi connectivity index (χ3n) is 4.62. The summed E-state index contributed by atoms with van der Waals surface area (Å²) in [4.78, 5) is 30.5. The lowest BCUT2D eigenvalue weighted by Gasteiger charge is -2.14. The number of hydrogen-bond donors (Lipinski definition) is 1. The number of aromatic nitrogens is 2. The van der Waals surface area contributed by atoms with Crippen molar-refractivity contribution in [3.05, 3.63) is 92.1 Å². The molecule has 31 heavy (non-hydrogen) atoms. The molecule has 0 saturated heterocycles. The number of thioether (sulfide) groups is 1. The van der Waals surface area contributed by atoms with E-state index in [0.717, 1.165) is 15.7 Å². The first-order valence-electron chi connectivity index (χ1n) is 9.39. The van der Waals surface area contributed by atoms with Crippen molar-refractivity contribution in [2.75, 3.05) is 11.1 Å². The second kappa shape index (κ2) is 9.26. The van der Waals surface area contributed by atoms with Crippen molar-refractivity contribution in [2.45, 2.75) is 12.1 Å². The fourth-order valence-corrected chi connectivity index (χ4v) is 4.52. The van der Waals surface area contributed by atoms with Crippen molar-refractivity contribution in [3.63, 3.8) is 0 Å². The highest BCUT2D eigenvalue weighted by atomic mass is 79.9. The zero-order valence-electron chi connectivity index (χ0n) is 16.4. The van der Waals surface area contributed by atoms with E-state index in [0.29, 0.717) is 26.8 Å². The van der Waals surface area contributed by atoms with Crippen LogP contribution in [-0.4, -0.2) is 21.2 Å². The van der Waals surface area contributed by atoms with Gasteiger partial charge in [0.2, 0.25) is 5.91 Å². The molecule has 0 aliphatic carbocycles. The van der Waals surface area contributed by atoms with E-state index in [1.165, 1.54) is 16.3 Å². The predicted octanol–water partition coefficient (Wildman–Crippen LogP) is 5.84. The maximum atomic E-state index is 13.2. The number of carbonyl (C=O) groups excluding carboxylic acids is 1. The molecule has 0 atom stereocenters. The van der Waals surface area contributed by atoms with Crippen LogP contribution in [0.25, 0.3) is 16.6 Å².